The molecule has 0 bridgehead atoms. The smallest absolute Gasteiger partial charge is 0.127 e. The predicted molar refractivity (Wildman–Crippen MR) is 77.4 cm³/mol. The molecule has 3 atom stereocenters. The molecule has 3 nitrogen and oxygen atoms in total. The van der Waals surface area contributed by atoms with E-state index in [1.54, 1.807) is 6.07 Å². The number of benzene rings is 1. The highest BCUT2D eigenvalue weighted by Gasteiger charge is 2.28. The lowest BCUT2D eigenvalue weighted by molar-refractivity contribution is 0.0592. The van der Waals surface area contributed by atoms with Crippen LogP contribution in [0, 0.1) is 5.82 Å². The van der Waals surface area contributed by atoms with Crippen molar-refractivity contribution in [1.82, 2.24) is 5.32 Å². The number of halogens is 1. The molecule has 1 aliphatic carbocycles. The lowest BCUT2D eigenvalue weighted by Crippen LogP contribution is -2.27. The summed E-state index contributed by atoms with van der Waals surface area (Å²) in [6.07, 6.45) is 2.94. The molecular formula is C16H24FNO2. The molecule has 1 fully saturated rings. The largest absolute Gasteiger partial charge is 0.487 e. The lowest BCUT2D eigenvalue weighted by atomic mass is 10.1. The summed E-state index contributed by atoms with van der Waals surface area (Å²) in [6.45, 7) is 5.06. The maximum Gasteiger partial charge on any atom is 0.127 e. The number of hydrogen-bond acceptors (Lipinski definition) is 3. The van der Waals surface area contributed by atoms with E-state index in [0.717, 1.165) is 37.8 Å². The normalized spacial score (nSPS) is 23.8. The molecule has 0 radical (unpaired) electrons. The Bertz CT molecular complexity index is 438. The summed E-state index contributed by atoms with van der Waals surface area (Å²) < 4.78 is 19.3. The van der Waals surface area contributed by atoms with Gasteiger partial charge < -0.3 is 15.2 Å². The van der Waals surface area contributed by atoms with Gasteiger partial charge in [0.05, 0.1) is 6.10 Å². The first kappa shape index (κ1) is 15.3. The van der Waals surface area contributed by atoms with Crippen LogP contribution in [0.2, 0.25) is 0 Å². The average Bonchev–Trinajstić information content (AvgIpc) is 2.82. The maximum atomic E-state index is 13.5. The van der Waals surface area contributed by atoms with Crippen molar-refractivity contribution in [2.24, 2.45) is 0 Å². The molecule has 0 heterocycles. The highest BCUT2D eigenvalue weighted by Crippen LogP contribution is 2.31. The van der Waals surface area contributed by atoms with E-state index in [9.17, 15) is 9.50 Å². The van der Waals surface area contributed by atoms with Crippen molar-refractivity contribution in [3.05, 3.63) is 29.6 Å². The number of ether oxygens (including phenoxy) is 1. The second kappa shape index (κ2) is 7.04. The van der Waals surface area contributed by atoms with E-state index in [1.807, 2.05) is 6.92 Å². The van der Waals surface area contributed by atoms with Gasteiger partial charge in [-0.15, -0.1) is 0 Å². The van der Waals surface area contributed by atoms with Gasteiger partial charge in [0.1, 0.15) is 17.7 Å². The van der Waals surface area contributed by atoms with E-state index < -0.39 is 6.10 Å². The van der Waals surface area contributed by atoms with Crippen molar-refractivity contribution < 1.29 is 14.2 Å². The third-order valence-corrected chi connectivity index (χ3v) is 3.84. The van der Waals surface area contributed by atoms with Gasteiger partial charge in [0, 0.05) is 17.7 Å². The molecule has 0 aliphatic heterocycles. The van der Waals surface area contributed by atoms with Gasteiger partial charge in [0.2, 0.25) is 0 Å². The van der Waals surface area contributed by atoms with Gasteiger partial charge in [0.25, 0.3) is 0 Å². The molecule has 0 saturated heterocycles. The zero-order valence-electron chi connectivity index (χ0n) is 12.2. The highest BCUT2D eigenvalue weighted by atomic mass is 19.1. The first-order valence-corrected chi connectivity index (χ1v) is 7.49. The molecule has 1 aromatic carbocycles. The minimum Gasteiger partial charge on any atom is -0.487 e. The van der Waals surface area contributed by atoms with Gasteiger partial charge in [-0.3, -0.25) is 0 Å². The van der Waals surface area contributed by atoms with Gasteiger partial charge >= 0.3 is 0 Å². The summed E-state index contributed by atoms with van der Waals surface area (Å²) in [7, 11) is 0. The second-order valence-electron chi connectivity index (χ2n) is 5.51. The Kier molecular flexibility index (Phi) is 5.38. The van der Waals surface area contributed by atoms with Gasteiger partial charge in [0.15, 0.2) is 0 Å². The Morgan fingerprint density at radius 2 is 2.25 bits per heavy atom. The van der Waals surface area contributed by atoms with Crippen molar-refractivity contribution in [3.8, 4) is 5.75 Å². The number of nitrogens with one attached hydrogen (secondary N) is 1. The van der Waals surface area contributed by atoms with Crippen LogP contribution in [-0.2, 0) is 0 Å². The SMILES string of the molecule is CCCNC(C)c1ccc(F)cc1OC1CCCC1O. The van der Waals surface area contributed by atoms with Gasteiger partial charge in [-0.05, 0) is 45.2 Å². The minimum absolute atomic E-state index is 0.101. The quantitative estimate of drug-likeness (QED) is 0.841. The summed E-state index contributed by atoms with van der Waals surface area (Å²) in [5.74, 6) is 0.242. The van der Waals surface area contributed by atoms with E-state index in [0.29, 0.717) is 5.75 Å². The molecule has 112 valence electrons. The molecule has 2 N–H and O–H groups in total. The molecule has 20 heavy (non-hydrogen) atoms. The molecule has 0 amide bonds. The predicted octanol–water partition coefficient (Wildman–Crippen LogP) is 3.18. The number of rotatable bonds is 6. The number of aliphatic hydroxyl groups excluding tert-OH is 1. The summed E-state index contributed by atoms with van der Waals surface area (Å²) in [5, 5.41) is 13.2. The summed E-state index contributed by atoms with van der Waals surface area (Å²) in [5.41, 5.74) is 0.943. The van der Waals surface area contributed by atoms with Crippen molar-refractivity contribution in [2.75, 3.05) is 6.54 Å². The van der Waals surface area contributed by atoms with Crippen LogP contribution in [-0.4, -0.2) is 23.9 Å². The van der Waals surface area contributed by atoms with E-state index in [4.69, 9.17) is 4.74 Å². The van der Waals surface area contributed by atoms with Crippen LogP contribution in [0.4, 0.5) is 4.39 Å². The standard InChI is InChI=1S/C16H24FNO2/c1-3-9-18-11(2)13-8-7-12(17)10-16(13)20-15-6-4-5-14(15)19/h7-8,10-11,14-15,18-19H,3-6,9H2,1-2H3. The zero-order chi connectivity index (χ0) is 14.5. The zero-order valence-corrected chi connectivity index (χ0v) is 12.2. The van der Waals surface area contributed by atoms with E-state index in [2.05, 4.69) is 12.2 Å². The molecular weight excluding hydrogens is 257 g/mol. The molecule has 2 rings (SSSR count). The fourth-order valence-corrected chi connectivity index (χ4v) is 2.65. The van der Waals surface area contributed by atoms with E-state index in [-0.39, 0.29) is 18.0 Å². The fourth-order valence-electron chi connectivity index (χ4n) is 2.65. The Balaban J connectivity index is 2.14. The van der Waals surface area contributed by atoms with Crippen LogP contribution in [0.1, 0.15) is 51.1 Å². The van der Waals surface area contributed by atoms with Gasteiger partial charge in [-0.2, -0.15) is 0 Å². The number of aliphatic hydroxyl groups is 1. The monoisotopic (exact) mass is 281 g/mol. The van der Waals surface area contributed by atoms with Crippen LogP contribution in [0.25, 0.3) is 0 Å². The van der Waals surface area contributed by atoms with Crippen molar-refractivity contribution in [2.45, 2.75) is 57.8 Å². The van der Waals surface area contributed by atoms with Crippen LogP contribution in [0.15, 0.2) is 18.2 Å². The van der Waals surface area contributed by atoms with Gasteiger partial charge in [-0.25, -0.2) is 4.39 Å². The third kappa shape index (κ3) is 3.70. The molecule has 1 aromatic rings. The van der Waals surface area contributed by atoms with Gasteiger partial charge in [-0.1, -0.05) is 13.0 Å². The maximum absolute atomic E-state index is 13.5. The summed E-state index contributed by atoms with van der Waals surface area (Å²) >= 11 is 0. The Hall–Kier alpha value is -1.13. The molecule has 1 saturated carbocycles. The van der Waals surface area contributed by atoms with Crippen LogP contribution in [0.3, 0.4) is 0 Å². The summed E-state index contributed by atoms with van der Waals surface area (Å²) in [4.78, 5) is 0. The second-order valence-corrected chi connectivity index (χ2v) is 5.51. The Morgan fingerprint density at radius 3 is 2.90 bits per heavy atom. The van der Waals surface area contributed by atoms with Crippen LogP contribution in [0.5, 0.6) is 5.75 Å². The Morgan fingerprint density at radius 1 is 1.45 bits per heavy atom. The van der Waals surface area contributed by atoms with Crippen molar-refractivity contribution >= 4 is 0 Å². The van der Waals surface area contributed by atoms with Crippen LogP contribution < -0.4 is 10.1 Å². The third-order valence-electron chi connectivity index (χ3n) is 3.84. The lowest BCUT2D eigenvalue weighted by Gasteiger charge is -2.22. The first-order valence-electron chi connectivity index (χ1n) is 7.49. The fraction of sp³-hybridized carbons (Fsp3) is 0.625. The van der Waals surface area contributed by atoms with Crippen LogP contribution >= 0.6 is 0 Å². The first-order chi connectivity index (χ1) is 9.61. The Labute approximate surface area is 120 Å². The van der Waals surface area contributed by atoms with Crippen molar-refractivity contribution in [1.29, 1.82) is 0 Å². The minimum atomic E-state index is -0.440. The topological polar surface area (TPSA) is 41.5 Å². The highest BCUT2D eigenvalue weighted by molar-refractivity contribution is 5.36. The summed E-state index contributed by atoms with van der Waals surface area (Å²) in [6, 6.07) is 4.74. The molecule has 1 aliphatic rings. The molecule has 4 heteroatoms. The van der Waals surface area contributed by atoms with Crippen molar-refractivity contribution in [3.63, 3.8) is 0 Å². The molecule has 3 unspecified atom stereocenters. The molecule has 0 aromatic heterocycles. The molecule has 0 spiro atoms. The average molecular weight is 281 g/mol. The van der Waals surface area contributed by atoms with E-state index >= 15 is 0 Å². The van der Waals surface area contributed by atoms with E-state index in [1.165, 1.54) is 12.1 Å². The number of hydrogen-bond donors (Lipinski definition) is 2.